The maximum Gasteiger partial charge on any atom is 0.315 e. The first kappa shape index (κ1) is 13.9. The first-order chi connectivity index (χ1) is 10.1. The molecule has 2 amide bonds. The smallest absolute Gasteiger partial charge is 0.315 e. The molecule has 1 fully saturated rings. The van der Waals surface area contributed by atoms with E-state index in [2.05, 4.69) is 10.6 Å². The zero-order valence-electron chi connectivity index (χ0n) is 12.1. The van der Waals surface area contributed by atoms with Crippen molar-refractivity contribution in [2.24, 2.45) is 0 Å². The summed E-state index contributed by atoms with van der Waals surface area (Å²) in [5.74, 6) is 0.716. The summed E-state index contributed by atoms with van der Waals surface area (Å²) in [4.78, 5) is 11.9. The SMILES string of the molecule is CC(NC(=O)NCC1(O)CCC1)c1cc2ccccc2o1. The molecule has 0 aliphatic heterocycles. The van der Waals surface area contributed by atoms with E-state index in [0.29, 0.717) is 12.3 Å². The molecule has 5 nitrogen and oxygen atoms in total. The normalized spacial score (nSPS) is 18.0. The van der Waals surface area contributed by atoms with Gasteiger partial charge >= 0.3 is 6.03 Å². The Morgan fingerprint density at radius 3 is 2.86 bits per heavy atom. The fraction of sp³-hybridized carbons (Fsp3) is 0.438. The number of furan rings is 1. The van der Waals surface area contributed by atoms with Gasteiger partial charge < -0.3 is 20.2 Å². The van der Waals surface area contributed by atoms with Crippen LogP contribution in [0.1, 0.15) is 38.0 Å². The second-order valence-electron chi connectivity index (χ2n) is 5.81. The average molecular weight is 288 g/mol. The average Bonchev–Trinajstić information content (AvgIpc) is 2.87. The lowest BCUT2D eigenvalue weighted by Crippen LogP contribution is -2.50. The number of nitrogens with one attached hydrogen (secondary N) is 2. The van der Waals surface area contributed by atoms with Gasteiger partial charge in [-0.3, -0.25) is 0 Å². The van der Waals surface area contributed by atoms with Crippen LogP contribution in [0.2, 0.25) is 0 Å². The molecule has 1 atom stereocenters. The molecule has 1 aliphatic carbocycles. The Morgan fingerprint density at radius 2 is 2.19 bits per heavy atom. The number of carbonyl (C=O) groups is 1. The predicted molar refractivity (Wildman–Crippen MR) is 80.0 cm³/mol. The number of para-hydroxylation sites is 1. The minimum Gasteiger partial charge on any atom is -0.459 e. The van der Waals surface area contributed by atoms with Gasteiger partial charge in [-0.15, -0.1) is 0 Å². The predicted octanol–water partition coefficient (Wildman–Crippen LogP) is 2.71. The number of carbonyl (C=O) groups excluding carboxylic acids is 1. The fourth-order valence-electron chi connectivity index (χ4n) is 2.54. The fourth-order valence-corrected chi connectivity index (χ4v) is 2.54. The number of hydrogen-bond donors (Lipinski definition) is 3. The Bertz CT molecular complexity index is 613. The van der Waals surface area contributed by atoms with Crippen molar-refractivity contribution >= 4 is 17.0 Å². The van der Waals surface area contributed by atoms with Crippen molar-refractivity contribution in [3.05, 3.63) is 36.1 Å². The minimum atomic E-state index is -0.708. The van der Waals surface area contributed by atoms with Gasteiger partial charge in [-0.05, 0) is 38.3 Å². The van der Waals surface area contributed by atoms with Crippen LogP contribution in [0.15, 0.2) is 34.7 Å². The highest BCUT2D eigenvalue weighted by Crippen LogP contribution is 2.30. The largest absolute Gasteiger partial charge is 0.459 e. The lowest BCUT2D eigenvalue weighted by atomic mass is 9.80. The van der Waals surface area contributed by atoms with Crippen LogP contribution >= 0.6 is 0 Å². The van der Waals surface area contributed by atoms with E-state index in [4.69, 9.17) is 4.42 Å². The number of urea groups is 1. The van der Waals surface area contributed by atoms with Crippen LogP contribution in [0.3, 0.4) is 0 Å². The van der Waals surface area contributed by atoms with Crippen LogP contribution < -0.4 is 10.6 Å². The van der Waals surface area contributed by atoms with Crippen molar-refractivity contribution in [2.45, 2.75) is 37.8 Å². The summed E-state index contributed by atoms with van der Waals surface area (Å²) in [5, 5.41) is 16.5. The number of benzene rings is 1. The Balaban J connectivity index is 1.57. The van der Waals surface area contributed by atoms with Gasteiger partial charge in [0.2, 0.25) is 0 Å². The van der Waals surface area contributed by atoms with Crippen molar-refractivity contribution in [3.63, 3.8) is 0 Å². The van der Waals surface area contributed by atoms with Crippen molar-refractivity contribution in [1.82, 2.24) is 10.6 Å². The molecular weight excluding hydrogens is 268 g/mol. The second kappa shape index (κ2) is 5.41. The number of amides is 2. The van der Waals surface area contributed by atoms with Crippen LogP contribution in [0.5, 0.6) is 0 Å². The summed E-state index contributed by atoms with van der Waals surface area (Å²) >= 11 is 0. The van der Waals surface area contributed by atoms with Gasteiger partial charge in [-0.1, -0.05) is 18.2 Å². The van der Waals surface area contributed by atoms with E-state index in [1.807, 2.05) is 37.3 Å². The minimum absolute atomic E-state index is 0.228. The van der Waals surface area contributed by atoms with Gasteiger partial charge in [0.1, 0.15) is 11.3 Å². The van der Waals surface area contributed by atoms with E-state index < -0.39 is 5.60 Å². The first-order valence-corrected chi connectivity index (χ1v) is 7.31. The number of rotatable bonds is 4. The van der Waals surface area contributed by atoms with Gasteiger partial charge in [-0.25, -0.2) is 4.79 Å². The van der Waals surface area contributed by atoms with E-state index in [9.17, 15) is 9.90 Å². The third-order valence-electron chi connectivity index (χ3n) is 4.08. The molecule has 1 unspecified atom stereocenters. The van der Waals surface area contributed by atoms with E-state index in [1.165, 1.54) is 0 Å². The third kappa shape index (κ3) is 3.03. The van der Waals surface area contributed by atoms with E-state index >= 15 is 0 Å². The van der Waals surface area contributed by atoms with Gasteiger partial charge in [0.05, 0.1) is 11.6 Å². The monoisotopic (exact) mass is 288 g/mol. The highest BCUT2D eigenvalue weighted by molar-refractivity contribution is 5.78. The first-order valence-electron chi connectivity index (χ1n) is 7.31. The highest BCUT2D eigenvalue weighted by Gasteiger charge is 2.34. The molecule has 1 aromatic carbocycles. The highest BCUT2D eigenvalue weighted by atomic mass is 16.3. The summed E-state index contributed by atoms with van der Waals surface area (Å²) in [6, 6.07) is 9.15. The summed E-state index contributed by atoms with van der Waals surface area (Å²) < 4.78 is 5.72. The van der Waals surface area contributed by atoms with Gasteiger partial charge in [0, 0.05) is 11.9 Å². The van der Waals surface area contributed by atoms with Crippen LogP contribution in [0.25, 0.3) is 11.0 Å². The second-order valence-corrected chi connectivity index (χ2v) is 5.81. The summed E-state index contributed by atoms with van der Waals surface area (Å²) in [6.45, 7) is 2.17. The Labute approximate surface area is 123 Å². The number of aliphatic hydroxyl groups is 1. The molecule has 5 heteroatoms. The molecule has 112 valence electrons. The summed E-state index contributed by atoms with van der Waals surface area (Å²) in [5.41, 5.74) is 0.102. The molecule has 2 aromatic rings. The Kier molecular flexibility index (Phi) is 3.59. The molecule has 21 heavy (non-hydrogen) atoms. The lowest BCUT2D eigenvalue weighted by Gasteiger charge is -2.36. The standard InChI is InChI=1S/C16H20N2O3/c1-11(14-9-12-5-2-3-6-13(12)21-14)18-15(19)17-10-16(20)7-4-8-16/h2-3,5-6,9,11,20H,4,7-8,10H2,1H3,(H2,17,18,19). The molecule has 1 heterocycles. The molecule has 0 saturated heterocycles. The van der Waals surface area contributed by atoms with E-state index in [1.54, 1.807) is 0 Å². The van der Waals surface area contributed by atoms with E-state index in [-0.39, 0.29) is 12.1 Å². The molecular formula is C16H20N2O3. The van der Waals surface area contributed by atoms with Crippen molar-refractivity contribution in [2.75, 3.05) is 6.54 Å². The number of hydrogen-bond acceptors (Lipinski definition) is 3. The van der Waals surface area contributed by atoms with Crippen LogP contribution in [0, 0.1) is 0 Å². The maximum absolute atomic E-state index is 11.9. The van der Waals surface area contributed by atoms with Crippen LogP contribution in [-0.4, -0.2) is 23.3 Å². The summed E-state index contributed by atoms with van der Waals surface area (Å²) in [7, 11) is 0. The zero-order chi connectivity index (χ0) is 14.9. The van der Waals surface area contributed by atoms with Crippen LogP contribution in [-0.2, 0) is 0 Å². The molecule has 0 spiro atoms. The van der Waals surface area contributed by atoms with E-state index in [0.717, 1.165) is 30.2 Å². The van der Waals surface area contributed by atoms with Crippen molar-refractivity contribution in [3.8, 4) is 0 Å². The van der Waals surface area contributed by atoms with Gasteiger partial charge in [0.25, 0.3) is 0 Å². The molecule has 1 saturated carbocycles. The molecule has 3 N–H and O–H groups in total. The summed E-state index contributed by atoms with van der Waals surface area (Å²) in [6.07, 6.45) is 2.54. The third-order valence-corrected chi connectivity index (χ3v) is 4.08. The molecule has 0 radical (unpaired) electrons. The van der Waals surface area contributed by atoms with Crippen molar-refractivity contribution < 1.29 is 14.3 Å². The topological polar surface area (TPSA) is 74.5 Å². The number of fused-ring (bicyclic) bond motifs is 1. The van der Waals surface area contributed by atoms with Gasteiger partial charge in [-0.2, -0.15) is 0 Å². The molecule has 1 aromatic heterocycles. The Hall–Kier alpha value is -2.01. The van der Waals surface area contributed by atoms with Gasteiger partial charge in [0.15, 0.2) is 0 Å². The lowest BCUT2D eigenvalue weighted by molar-refractivity contribution is -0.0290. The molecule has 1 aliphatic rings. The molecule has 3 rings (SSSR count). The maximum atomic E-state index is 11.9. The zero-order valence-corrected chi connectivity index (χ0v) is 12.1. The quantitative estimate of drug-likeness (QED) is 0.809. The Morgan fingerprint density at radius 1 is 1.43 bits per heavy atom. The van der Waals surface area contributed by atoms with Crippen LogP contribution in [0.4, 0.5) is 4.79 Å². The molecule has 0 bridgehead atoms. The van der Waals surface area contributed by atoms with Crippen molar-refractivity contribution in [1.29, 1.82) is 0 Å².